The van der Waals surface area contributed by atoms with Crippen molar-refractivity contribution < 1.29 is 13.9 Å². The summed E-state index contributed by atoms with van der Waals surface area (Å²) in [6.45, 7) is 0.478. The molecule has 1 atom stereocenters. The summed E-state index contributed by atoms with van der Waals surface area (Å²) < 4.78 is 27.2. The minimum Gasteiger partial charge on any atom is -0.387 e. The van der Waals surface area contributed by atoms with E-state index in [2.05, 4.69) is 15.3 Å². The Morgan fingerprint density at radius 2 is 1.88 bits per heavy atom. The summed E-state index contributed by atoms with van der Waals surface area (Å²) in [5.74, 6) is -1.50. The molecule has 0 saturated heterocycles. The second kappa shape index (κ2) is 7.57. The number of benzene rings is 1. The first kappa shape index (κ1) is 16.6. The van der Waals surface area contributed by atoms with Crippen LogP contribution in [0.4, 0.5) is 8.78 Å². The highest BCUT2D eigenvalue weighted by Crippen LogP contribution is 2.23. The van der Waals surface area contributed by atoms with Gasteiger partial charge in [-0.25, -0.2) is 13.8 Å². The van der Waals surface area contributed by atoms with Crippen molar-refractivity contribution >= 4 is 11.3 Å². The highest BCUT2D eigenvalue weighted by molar-refractivity contribution is 7.14. The number of nitrogens with one attached hydrogen (secondary N) is 1. The molecule has 0 aliphatic rings. The average molecular weight is 347 g/mol. The molecule has 0 saturated carbocycles. The van der Waals surface area contributed by atoms with E-state index in [1.54, 1.807) is 12.4 Å². The van der Waals surface area contributed by atoms with Crippen LogP contribution in [0.1, 0.15) is 16.5 Å². The van der Waals surface area contributed by atoms with E-state index in [9.17, 15) is 13.9 Å². The Labute approximate surface area is 141 Å². The molecular formula is C17H15F2N3OS. The summed E-state index contributed by atoms with van der Waals surface area (Å²) in [6, 6.07) is 9.13. The molecular weight excluding hydrogens is 332 g/mol. The van der Waals surface area contributed by atoms with Crippen LogP contribution in [-0.4, -0.2) is 21.6 Å². The first-order valence-corrected chi connectivity index (χ1v) is 8.15. The molecule has 2 heterocycles. The van der Waals surface area contributed by atoms with Gasteiger partial charge in [-0.15, -0.1) is 11.3 Å². The Hall–Kier alpha value is -2.22. The minimum absolute atomic E-state index is 0.0364. The molecule has 2 N–H and O–H groups in total. The zero-order valence-corrected chi connectivity index (χ0v) is 13.4. The van der Waals surface area contributed by atoms with Crippen LogP contribution in [0.25, 0.3) is 10.7 Å². The quantitative estimate of drug-likeness (QED) is 0.718. The molecule has 24 heavy (non-hydrogen) atoms. The van der Waals surface area contributed by atoms with Crippen molar-refractivity contribution in [3.8, 4) is 10.7 Å². The van der Waals surface area contributed by atoms with Crippen molar-refractivity contribution in [3.63, 3.8) is 0 Å². The van der Waals surface area contributed by atoms with Gasteiger partial charge in [-0.1, -0.05) is 12.1 Å². The van der Waals surface area contributed by atoms with E-state index >= 15 is 0 Å². The van der Waals surface area contributed by atoms with Crippen LogP contribution < -0.4 is 5.32 Å². The number of aliphatic hydroxyl groups is 1. The van der Waals surface area contributed by atoms with Gasteiger partial charge in [0.1, 0.15) is 16.6 Å². The van der Waals surface area contributed by atoms with Crippen LogP contribution in [0.15, 0.2) is 48.8 Å². The number of hydrogen-bond acceptors (Lipinski definition) is 5. The number of hydrogen-bond donors (Lipinski definition) is 2. The zero-order chi connectivity index (χ0) is 16.9. The molecule has 3 aromatic rings. The van der Waals surface area contributed by atoms with E-state index in [0.717, 1.165) is 27.7 Å². The van der Waals surface area contributed by atoms with Crippen LogP contribution in [0, 0.1) is 11.6 Å². The number of nitrogens with zero attached hydrogens (tertiary/aromatic N) is 2. The molecule has 0 spiro atoms. The van der Waals surface area contributed by atoms with Crippen LogP contribution >= 0.6 is 11.3 Å². The normalized spacial score (nSPS) is 12.3. The molecule has 0 aliphatic heterocycles. The van der Waals surface area contributed by atoms with Gasteiger partial charge in [-0.2, -0.15) is 0 Å². The molecule has 0 radical (unpaired) electrons. The monoisotopic (exact) mass is 347 g/mol. The Morgan fingerprint density at radius 3 is 2.58 bits per heavy atom. The lowest BCUT2D eigenvalue weighted by atomic mass is 10.1. The van der Waals surface area contributed by atoms with Crippen molar-refractivity contribution in [2.75, 3.05) is 6.54 Å². The second-order valence-electron chi connectivity index (χ2n) is 5.13. The van der Waals surface area contributed by atoms with Crippen LogP contribution in [0.5, 0.6) is 0 Å². The smallest absolute Gasteiger partial charge is 0.142 e. The third kappa shape index (κ3) is 3.81. The maximum absolute atomic E-state index is 13.6. The molecule has 0 fully saturated rings. The predicted octanol–water partition coefficient (Wildman–Crippen LogP) is 3.31. The van der Waals surface area contributed by atoms with Gasteiger partial charge in [0, 0.05) is 30.4 Å². The number of aromatic nitrogens is 2. The summed E-state index contributed by atoms with van der Waals surface area (Å²) in [5, 5.41) is 13.8. The van der Waals surface area contributed by atoms with Crippen LogP contribution in [0.2, 0.25) is 0 Å². The van der Waals surface area contributed by atoms with Crippen LogP contribution in [0.3, 0.4) is 0 Å². The molecule has 0 amide bonds. The van der Waals surface area contributed by atoms with Gasteiger partial charge in [0.05, 0.1) is 17.4 Å². The van der Waals surface area contributed by atoms with E-state index in [4.69, 9.17) is 0 Å². The lowest BCUT2D eigenvalue weighted by Crippen LogP contribution is -2.22. The first-order valence-electron chi connectivity index (χ1n) is 7.34. The second-order valence-corrected chi connectivity index (χ2v) is 6.24. The maximum Gasteiger partial charge on any atom is 0.142 e. The number of pyridine rings is 1. The first-order chi connectivity index (χ1) is 11.6. The van der Waals surface area contributed by atoms with E-state index in [1.165, 1.54) is 17.4 Å². The molecule has 7 heteroatoms. The average Bonchev–Trinajstić information content (AvgIpc) is 3.04. The van der Waals surface area contributed by atoms with Gasteiger partial charge in [-0.05, 0) is 24.3 Å². The van der Waals surface area contributed by atoms with E-state index in [0.29, 0.717) is 6.54 Å². The standard InChI is InChI=1S/C17H15F2N3OS/c18-12-4-3-5-13(19)16(12)15(23)10-20-8-11-9-22-17(24-11)14-6-1-2-7-21-14/h1-7,9,15,20,23H,8,10H2. The van der Waals surface area contributed by atoms with Crippen molar-refractivity contribution in [1.29, 1.82) is 0 Å². The highest BCUT2D eigenvalue weighted by atomic mass is 32.1. The van der Waals surface area contributed by atoms with Gasteiger partial charge in [0.15, 0.2) is 0 Å². The van der Waals surface area contributed by atoms with Gasteiger partial charge < -0.3 is 10.4 Å². The summed E-state index contributed by atoms with van der Waals surface area (Å²) in [5.41, 5.74) is 0.477. The molecule has 3 rings (SSSR count). The number of halogens is 2. The summed E-state index contributed by atoms with van der Waals surface area (Å²) in [7, 11) is 0. The lowest BCUT2D eigenvalue weighted by molar-refractivity contribution is 0.165. The third-order valence-electron chi connectivity index (χ3n) is 3.41. The lowest BCUT2D eigenvalue weighted by Gasteiger charge is -2.13. The number of rotatable bonds is 6. The Balaban J connectivity index is 1.58. The maximum atomic E-state index is 13.6. The Bertz CT molecular complexity index is 790. The Kier molecular flexibility index (Phi) is 5.24. The molecule has 4 nitrogen and oxygen atoms in total. The molecule has 1 unspecified atom stereocenters. The summed E-state index contributed by atoms with van der Waals surface area (Å²) >= 11 is 1.47. The van der Waals surface area contributed by atoms with Gasteiger partial charge in [0.2, 0.25) is 0 Å². The molecule has 0 aliphatic carbocycles. The van der Waals surface area contributed by atoms with Gasteiger partial charge in [0.25, 0.3) is 0 Å². The topological polar surface area (TPSA) is 58.0 Å². The number of aliphatic hydroxyl groups excluding tert-OH is 1. The molecule has 124 valence electrons. The SMILES string of the molecule is OC(CNCc1cnc(-c2ccccn2)s1)c1c(F)cccc1F. The third-order valence-corrected chi connectivity index (χ3v) is 4.43. The molecule has 1 aromatic carbocycles. The van der Waals surface area contributed by atoms with Crippen molar-refractivity contribution in [1.82, 2.24) is 15.3 Å². The Morgan fingerprint density at radius 1 is 1.08 bits per heavy atom. The van der Waals surface area contributed by atoms with Crippen molar-refractivity contribution in [2.24, 2.45) is 0 Å². The zero-order valence-electron chi connectivity index (χ0n) is 12.6. The van der Waals surface area contributed by atoms with Crippen LogP contribution in [-0.2, 0) is 6.54 Å². The van der Waals surface area contributed by atoms with E-state index in [-0.39, 0.29) is 12.1 Å². The fourth-order valence-electron chi connectivity index (χ4n) is 2.26. The molecule has 0 bridgehead atoms. The highest BCUT2D eigenvalue weighted by Gasteiger charge is 2.17. The van der Waals surface area contributed by atoms with E-state index < -0.39 is 17.7 Å². The predicted molar refractivity (Wildman–Crippen MR) is 88.4 cm³/mol. The van der Waals surface area contributed by atoms with E-state index in [1.807, 2.05) is 18.2 Å². The fraction of sp³-hybridized carbons (Fsp3) is 0.176. The van der Waals surface area contributed by atoms with Gasteiger partial charge >= 0.3 is 0 Å². The summed E-state index contributed by atoms with van der Waals surface area (Å²) in [6.07, 6.45) is 2.17. The van der Waals surface area contributed by atoms with Crippen molar-refractivity contribution in [3.05, 3.63) is 70.9 Å². The van der Waals surface area contributed by atoms with Gasteiger partial charge in [-0.3, -0.25) is 4.98 Å². The number of thiazole rings is 1. The van der Waals surface area contributed by atoms with Crippen molar-refractivity contribution in [2.45, 2.75) is 12.6 Å². The summed E-state index contributed by atoms with van der Waals surface area (Å²) in [4.78, 5) is 9.48. The minimum atomic E-state index is -1.26. The molecule has 2 aromatic heterocycles. The largest absolute Gasteiger partial charge is 0.387 e. The fourth-order valence-corrected chi connectivity index (χ4v) is 3.12.